The van der Waals surface area contributed by atoms with Crippen LogP contribution in [0.1, 0.15) is 0 Å². The summed E-state index contributed by atoms with van der Waals surface area (Å²) in [6, 6.07) is 9.43. The lowest BCUT2D eigenvalue weighted by Crippen LogP contribution is -1.97. The zero-order chi connectivity index (χ0) is 9.80. The molecule has 0 atom stereocenters. The van der Waals surface area contributed by atoms with Gasteiger partial charge in [0.05, 0.1) is 5.69 Å². The number of nitrogens with zero attached hydrogens (tertiary/aromatic N) is 5. The van der Waals surface area contributed by atoms with Crippen LogP contribution in [-0.4, -0.2) is 20.2 Å². The number of tetrazole rings is 1. The van der Waals surface area contributed by atoms with Crippen molar-refractivity contribution in [1.29, 1.82) is 5.26 Å². The number of hydrogen-bond donors (Lipinski definition) is 0. The van der Waals surface area contributed by atoms with Crippen molar-refractivity contribution in [2.24, 2.45) is 0 Å². The zero-order valence-corrected chi connectivity index (χ0v) is 7.85. The monoisotopic (exact) mass is 203 g/mol. The van der Waals surface area contributed by atoms with Gasteiger partial charge in [-0.15, -0.1) is 5.10 Å². The fraction of sp³-hybridized carbons (Fsp3) is 0. The quantitative estimate of drug-likeness (QED) is 0.542. The lowest BCUT2D eigenvalue weighted by molar-refractivity contribution is 0.757. The zero-order valence-electron chi connectivity index (χ0n) is 7.03. The van der Waals surface area contributed by atoms with Crippen LogP contribution in [0.5, 0.6) is 0 Å². The van der Waals surface area contributed by atoms with Gasteiger partial charge in [0, 0.05) is 11.8 Å². The summed E-state index contributed by atoms with van der Waals surface area (Å²) in [5, 5.41) is 21.9. The molecule has 0 aliphatic heterocycles. The van der Waals surface area contributed by atoms with E-state index >= 15 is 0 Å². The maximum atomic E-state index is 8.51. The molecule has 5 nitrogen and oxygen atoms in total. The topological polar surface area (TPSA) is 67.4 Å². The molecular weight excluding hydrogens is 198 g/mol. The van der Waals surface area contributed by atoms with Crippen LogP contribution in [0.2, 0.25) is 0 Å². The van der Waals surface area contributed by atoms with E-state index in [1.807, 2.05) is 35.7 Å². The summed E-state index contributed by atoms with van der Waals surface area (Å²) in [7, 11) is 0. The Morgan fingerprint density at radius 3 is 2.79 bits per heavy atom. The van der Waals surface area contributed by atoms with Crippen LogP contribution in [0.15, 0.2) is 35.5 Å². The van der Waals surface area contributed by atoms with Crippen molar-refractivity contribution in [2.45, 2.75) is 5.16 Å². The van der Waals surface area contributed by atoms with E-state index in [2.05, 4.69) is 15.5 Å². The van der Waals surface area contributed by atoms with Gasteiger partial charge in [-0.05, 0) is 22.6 Å². The first-order valence-corrected chi connectivity index (χ1v) is 4.63. The molecule has 0 aliphatic rings. The number of nitriles is 1. The highest BCUT2D eigenvalue weighted by Gasteiger charge is 2.07. The lowest BCUT2D eigenvalue weighted by atomic mass is 10.3. The van der Waals surface area contributed by atoms with Gasteiger partial charge in [-0.1, -0.05) is 18.2 Å². The smallest absolute Gasteiger partial charge is 0.187 e. The first-order chi connectivity index (χ1) is 6.92. The normalized spacial score (nSPS) is 9.64. The van der Waals surface area contributed by atoms with Crippen molar-refractivity contribution in [3.05, 3.63) is 30.3 Å². The predicted molar refractivity (Wildman–Crippen MR) is 50.6 cm³/mol. The average molecular weight is 203 g/mol. The molecule has 1 aromatic carbocycles. The van der Waals surface area contributed by atoms with Gasteiger partial charge in [-0.2, -0.15) is 9.94 Å². The Morgan fingerprint density at radius 2 is 2.07 bits per heavy atom. The number of rotatable bonds is 2. The summed E-state index contributed by atoms with van der Waals surface area (Å²) in [4.78, 5) is 0. The molecule has 0 amide bonds. The largest absolute Gasteiger partial charge is 0.228 e. The van der Waals surface area contributed by atoms with Crippen molar-refractivity contribution in [3.8, 4) is 11.1 Å². The van der Waals surface area contributed by atoms with E-state index in [0.717, 1.165) is 17.4 Å². The van der Waals surface area contributed by atoms with E-state index < -0.39 is 0 Å². The van der Waals surface area contributed by atoms with Crippen LogP contribution in [0.3, 0.4) is 0 Å². The van der Waals surface area contributed by atoms with E-state index in [9.17, 15) is 0 Å². The Morgan fingerprint density at radius 1 is 1.29 bits per heavy atom. The molecular formula is C8H5N5S. The maximum Gasteiger partial charge on any atom is 0.228 e. The summed E-state index contributed by atoms with van der Waals surface area (Å²) in [6.45, 7) is 0. The van der Waals surface area contributed by atoms with Gasteiger partial charge in [-0.25, -0.2) is 0 Å². The fourth-order valence-electron chi connectivity index (χ4n) is 1.01. The fourth-order valence-corrected chi connectivity index (χ4v) is 1.40. The highest BCUT2D eigenvalue weighted by atomic mass is 32.2. The molecule has 0 bridgehead atoms. The average Bonchev–Trinajstić information content (AvgIpc) is 2.68. The Balaban J connectivity index is 2.43. The van der Waals surface area contributed by atoms with Gasteiger partial charge in [0.25, 0.3) is 0 Å². The van der Waals surface area contributed by atoms with Gasteiger partial charge in [0.2, 0.25) is 5.16 Å². The number of thioether (sulfide) groups is 1. The van der Waals surface area contributed by atoms with Crippen molar-refractivity contribution < 1.29 is 0 Å². The number of para-hydroxylation sites is 1. The minimum atomic E-state index is 0.471. The van der Waals surface area contributed by atoms with Crippen LogP contribution >= 0.6 is 11.8 Å². The van der Waals surface area contributed by atoms with Crippen molar-refractivity contribution in [1.82, 2.24) is 20.2 Å². The Labute approximate surface area is 84.4 Å². The van der Waals surface area contributed by atoms with Crippen molar-refractivity contribution >= 4 is 11.8 Å². The number of benzene rings is 1. The molecule has 0 radical (unpaired) electrons. The van der Waals surface area contributed by atoms with Gasteiger partial charge < -0.3 is 0 Å². The summed E-state index contributed by atoms with van der Waals surface area (Å²) in [5.41, 5.74) is 0.843. The number of thiocyanates is 1. The number of aromatic nitrogens is 4. The SMILES string of the molecule is N#CSc1nnnn1-c1ccccc1. The van der Waals surface area contributed by atoms with Crippen LogP contribution in [0, 0.1) is 10.7 Å². The second-order valence-electron chi connectivity index (χ2n) is 2.40. The Hall–Kier alpha value is -1.87. The predicted octanol–water partition coefficient (Wildman–Crippen LogP) is 1.24. The molecule has 0 saturated carbocycles. The van der Waals surface area contributed by atoms with Crippen molar-refractivity contribution in [2.75, 3.05) is 0 Å². The molecule has 0 saturated heterocycles. The molecule has 2 aromatic rings. The van der Waals surface area contributed by atoms with Crippen LogP contribution in [0.4, 0.5) is 0 Å². The molecule has 0 spiro atoms. The van der Waals surface area contributed by atoms with E-state index in [4.69, 9.17) is 5.26 Å². The second kappa shape index (κ2) is 3.89. The van der Waals surface area contributed by atoms with Gasteiger partial charge in [0.15, 0.2) is 0 Å². The first kappa shape index (κ1) is 8.72. The Bertz CT molecular complexity index is 458. The van der Waals surface area contributed by atoms with Crippen LogP contribution < -0.4 is 0 Å². The minimum Gasteiger partial charge on any atom is -0.187 e. The first-order valence-electron chi connectivity index (χ1n) is 3.81. The van der Waals surface area contributed by atoms with Crippen LogP contribution in [0.25, 0.3) is 5.69 Å². The molecule has 0 fully saturated rings. The Kier molecular flexibility index (Phi) is 2.42. The van der Waals surface area contributed by atoms with Crippen molar-refractivity contribution in [3.63, 3.8) is 0 Å². The third-order valence-electron chi connectivity index (χ3n) is 1.58. The molecule has 1 aromatic heterocycles. The van der Waals surface area contributed by atoms with Gasteiger partial charge >= 0.3 is 0 Å². The van der Waals surface area contributed by atoms with E-state index in [1.165, 1.54) is 4.68 Å². The minimum absolute atomic E-state index is 0.471. The summed E-state index contributed by atoms with van der Waals surface area (Å²) in [6.07, 6.45) is 0. The molecule has 0 unspecified atom stereocenters. The number of hydrogen-bond acceptors (Lipinski definition) is 5. The second-order valence-corrected chi connectivity index (χ2v) is 3.15. The molecule has 2 rings (SSSR count). The summed E-state index contributed by atoms with van der Waals surface area (Å²) in [5.74, 6) is 0. The highest BCUT2D eigenvalue weighted by molar-refractivity contribution is 8.03. The molecule has 14 heavy (non-hydrogen) atoms. The molecule has 6 heteroatoms. The third kappa shape index (κ3) is 1.58. The molecule has 0 aliphatic carbocycles. The van der Waals surface area contributed by atoms with Gasteiger partial charge in [0.1, 0.15) is 5.40 Å². The summed E-state index contributed by atoms with van der Waals surface area (Å²) < 4.78 is 1.52. The van der Waals surface area contributed by atoms with E-state index in [1.54, 1.807) is 0 Å². The standard InChI is InChI=1S/C8H5N5S/c9-6-14-8-10-11-12-13(8)7-4-2-1-3-5-7/h1-5H. The lowest BCUT2D eigenvalue weighted by Gasteiger charge is -1.99. The third-order valence-corrected chi connectivity index (χ3v) is 2.11. The maximum absolute atomic E-state index is 8.51. The molecule has 0 N–H and O–H groups in total. The molecule has 1 heterocycles. The highest BCUT2D eigenvalue weighted by Crippen LogP contribution is 2.15. The molecule has 68 valence electrons. The van der Waals surface area contributed by atoms with Crippen LogP contribution in [-0.2, 0) is 0 Å². The van der Waals surface area contributed by atoms with Gasteiger partial charge in [-0.3, -0.25) is 0 Å². The van der Waals surface area contributed by atoms with E-state index in [0.29, 0.717) is 5.16 Å². The summed E-state index contributed by atoms with van der Waals surface area (Å²) >= 11 is 0.936. The van der Waals surface area contributed by atoms with E-state index in [-0.39, 0.29) is 0 Å².